The molecule has 2 aliphatic rings. The SMILES string of the molecule is CCOC(=O)c1ccc(OC2CC3CCC(C2)N3C(=O)c2ccc(CSc3cccc(Cl)c3Cl)cc2)cc1. The van der Waals surface area contributed by atoms with E-state index in [0.717, 1.165) is 47.6 Å². The second kappa shape index (κ2) is 12.0. The van der Waals surface area contributed by atoms with Gasteiger partial charge < -0.3 is 14.4 Å². The molecule has 0 radical (unpaired) electrons. The number of rotatable bonds is 8. The highest BCUT2D eigenvalue weighted by atomic mass is 35.5. The van der Waals surface area contributed by atoms with Crippen LogP contribution >= 0.6 is 35.0 Å². The molecule has 5 rings (SSSR count). The monoisotopic (exact) mass is 569 g/mol. The second-order valence-corrected chi connectivity index (χ2v) is 11.4. The van der Waals surface area contributed by atoms with E-state index in [1.54, 1.807) is 36.9 Å². The summed E-state index contributed by atoms with van der Waals surface area (Å²) < 4.78 is 11.3. The Labute approximate surface area is 237 Å². The zero-order valence-corrected chi connectivity index (χ0v) is 23.4. The number of hydrogen-bond donors (Lipinski definition) is 0. The maximum absolute atomic E-state index is 13.5. The average molecular weight is 571 g/mol. The number of ether oxygens (including phenoxy) is 2. The Bertz CT molecular complexity index is 1280. The molecule has 0 aromatic heterocycles. The first-order valence-electron chi connectivity index (χ1n) is 12.8. The van der Waals surface area contributed by atoms with Crippen molar-refractivity contribution >= 4 is 46.8 Å². The molecule has 5 nitrogen and oxygen atoms in total. The Balaban J connectivity index is 1.17. The third-order valence-electron chi connectivity index (χ3n) is 7.10. The van der Waals surface area contributed by atoms with Gasteiger partial charge in [-0.05, 0) is 73.9 Å². The van der Waals surface area contributed by atoms with E-state index in [9.17, 15) is 9.59 Å². The van der Waals surface area contributed by atoms with Crippen molar-refractivity contribution in [3.8, 4) is 5.75 Å². The van der Waals surface area contributed by atoms with Crippen molar-refractivity contribution in [3.63, 3.8) is 0 Å². The zero-order chi connectivity index (χ0) is 26.6. The maximum Gasteiger partial charge on any atom is 0.338 e. The highest BCUT2D eigenvalue weighted by Gasteiger charge is 2.44. The lowest BCUT2D eigenvalue weighted by Gasteiger charge is -2.39. The molecule has 2 fully saturated rings. The molecule has 2 saturated heterocycles. The number of amides is 1. The number of carbonyl (C=O) groups excluding carboxylic acids is 2. The van der Waals surface area contributed by atoms with Crippen LogP contribution in [-0.4, -0.2) is 41.6 Å². The molecule has 3 aromatic carbocycles. The van der Waals surface area contributed by atoms with E-state index in [4.69, 9.17) is 32.7 Å². The van der Waals surface area contributed by atoms with Crippen LogP contribution in [-0.2, 0) is 10.5 Å². The van der Waals surface area contributed by atoms with Gasteiger partial charge in [0.05, 0.1) is 22.2 Å². The molecule has 2 heterocycles. The predicted octanol–water partition coefficient (Wildman–Crippen LogP) is 7.68. The number of piperidine rings is 1. The number of carbonyl (C=O) groups is 2. The zero-order valence-electron chi connectivity index (χ0n) is 21.1. The van der Waals surface area contributed by atoms with Gasteiger partial charge in [0.15, 0.2) is 0 Å². The molecular weight excluding hydrogens is 541 g/mol. The minimum absolute atomic E-state index is 0.0442. The predicted molar refractivity (Wildman–Crippen MR) is 151 cm³/mol. The third kappa shape index (κ3) is 5.98. The Kier molecular flexibility index (Phi) is 8.51. The van der Waals surface area contributed by atoms with Crippen LogP contribution in [0.2, 0.25) is 10.0 Å². The summed E-state index contributed by atoms with van der Waals surface area (Å²) >= 11 is 14.0. The van der Waals surface area contributed by atoms with Crippen molar-refractivity contribution in [2.45, 2.75) is 61.4 Å². The van der Waals surface area contributed by atoms with Gasteiger partial charge >= 0.3 is 5.97 Å². The normalized spacial score (nSPS) is 20.3. The van der Waals surface area contributed by atoms with Crippen molar-refractivity contribution in [2.24, 2.45) is 0 Å². The molecule has 38 heavy (non-hydrogen) atoms. The van der Waals surface area contributed by atoms with Crippen molar-refractivity contribution in [3.05, 3.63) is 93.5 Å². The number of halogens is 2. The summed E-state index contributed by atoms with van der Waals surface area (Å²) in [7, 11) is 0. The van der Waals surface area contributed by atoms with Crippen molar-refractivity contribution in [1.29, 1.82) is 0 Å². The molecule has 0 N–H and O–H groups in total. The summed E-state index contributed by atoms with van der Waals surface area (Å²) in [6.45, 7) is 2.13. The Hall–Kier alpha value is -2.67. The molecule has 2 unspecified atom stereocenters. The maximum atomic E-state index is 13.5. The van der Waals surface area contributed by atoms with Gasteiger partial charge in [-0.2, -0.15) is 0 Å². The van der Waals surface area contributed by atoms with E-state index in [-0.39, 0.29) is 30.1 Å². The number of nitrogens with zero attached hydrogens (tertiary/aromatic N) is 1. The number of thioether (sulfide) groups is 1. The summed E-state index contributed by atoms with van der Waals surface area (Å²) in [5.74, 6) is 1.23. The summed E-state index contributed by atoms with van der Waals surface area (Å²) in [6, 6.07) is 20.9. The average Bonchev–Trinajstić information content (AvgIpc) is 3.20. The van der Waals surface area contributed by atoms with E-state index in [1.165, 1.54) is 0 Å². The molecule has 3 aromatic rings. The minimum atomic E-state index is -0.332. The third-order valence-corrected chi connectivity index (χ3v) is 9.16. The van der Waals surface area contributed by atoms with Gasteiger partial charge in [0, 0.05) is 41.1 Å². The van der Waals surface area contributed by atoms with Gasteiger partial charge in [-0.3, -0.25) is 4.79 Å². The van der Waals surface area contributed by atoms with Gasteiger partial charge in [-0.1, -0.05) is 41.4 Å². The lowest BCUT2D eigenvalue weighted by molar-refractivity contribution is 0.0359. The number of hydrogen-bond acceptors (Lipinski definition) is 5. The van der Waals surface area contributed by atoms with Gasteiger partial charge in [0.25, 0.3) is 5.91 Å². The van der Waals surface area contributed by atoms with Gasteiger partial charge in [0.1, 0.15) is 11.9 Å². The highest BCUT2D eigenvalue weighted by molar-refractivity contribution is 7.98. The van der Waals surface area contributed by atoms with E-state index in [1.807, 2.05) is 48.5 Å². The fraction of sp³-hybridized carbons (Fsp3) is 0.333. The van der Waals surface area contributed by atoms with Crippen LogP contribution in [0.15, 0.2) is 71.6 Å². The molecule has 0 spiro atoms. The highest BCUT2D eigenvalue weighted by Crippen LogP contribution is 2.39. The molecule has 8 heteroatoms. The van der Waals surface area contributed by atoms with Crippen LogP contribution in [0.4, 0.5) is 0 Å². The number of fused-ring (bicyclic) bond motifs is 2. The molecule has 2 bridgehead atoms. The van der Waals surface area contributed by atoms with Crippen LogP contribution in [0, 0.1) is 0 Å². The van der Waals surface area contributed by atoms with E-state index < -0.39 is 0 Å². The lowest BCUT2D eigenvalue weighted by Crippen LogP contribution is -2.49. The fourth-order valence-electron chi connectivity index (χ4n) is 5.28. The van der Waals surface area contributed by atoms with Gasteiger partial charge in [-0.25, -0.2) is 4.79 Å². The quantitative estimate of drug-likeness (QED) is 0.205. The summed E-state index contributed by atoms with van der Waals surface area (Å²) in [5, 5.41) is 1.12. The first-order valence-corrected chi connectivity index (χ1v) is 14.6. The van der Waals surface area contributed by atoms with Crippen LogP contribution in [0.5, 0.6) is 5.75 Å². The fourth-order valence-corrected chi connectivity index (χ4v) is 6.73. The molecule has 0 aliphatic carbocycles. The summed E-state index contributed by atoms with van der Waals surface area (Å²) in [4.78, 5) is 28.3. The molecule has 2 atom stereocenters. The molecular formula is C30H29Cl2NO4S. The van der Waals surface area contributed by atoms with E-state index in [0.29, 0.717) is 27.8 Å². The van der Waals surface area contributed by atoms with Crippen molar-refractivity contribution in [2.75, 3.05) is 6.61 Å². The minimum Gasteiger partial charge on any atom is -0.490 e. The van der Waals surface area contributed by atoms with E-state index in [2.05, 4.69) is 4.90 Å². The molecule has 2 aliphatic heterocycles. The second-order valence-electron chi connectivity index (χ2n) is 9.59. The molecule has 198 valence electrons. The topological polar surface area (TPSA) is 55.8 Å². The van der Waals surface area contributed by atoms with Crippen LogP contribution in [0.25, 0.3) is 0 Å². The van der Waals surface area contributed by atoms with Crippen LogP contribution in [0.1, 0.15) is 58.9 Å². The Morgan fingerprint density at radius 2 is 1.58 bits per heavy atom. The molecule has 0 saturated carbocycles. The Morgan fingerprint density at radius 3 is 2.24 bits per heavy atom. The van der Waals surface area contributed by atoms with Crippen LogP contribution in [0.3, 0.4) is 0 Å². The summed E-state index contributed by atoms with van der Waals surface area (Å²) in [6.07, 6.45) is 3.64. The van der Waals surface area contributed by atoms with Gasteiger partial charge in [-0.15, -0.1) is 11.8 Å². The number of benzene rings is 3. The lowest BCUT2D eigenvalue weighted by atomic mass is 9.98. The largest absolute Gasteiger partial charge is 0.490 e. The van der Waals surface area contributed by atoms with Crippen LogP contribution < -0.4 is 4.74 Å². The smallest absolute Gasteiger partial charge is 0.338 e. The Morgan fingerprint density at radius 1 is 0.921 bits per heavy atom. The summed E-state index contributed by atoms with van der Waals surface area (Å²) in [5.41, 5.74) is 2.34. The standard InChI is InChI=1S/C30H29Cl2NO4S/c1-2-36-30(35)21-10-14-24(15-11-21)37-25-16-22-12-13-23(17-25)33(22)29(34)20-8-6-19(7-9-20)18-38-27-5-3-4-26(31)28(27)32/h3-11,14-15,22-23,25H,2,12-13,16-18H2,1H3. The van der Waals surface area contributed by atoms with Crippen molar-refractivity contribution < 1.29 is 19.1 Å². The van der Waals surface area contributed by atoms with E-state index >= 15 is 0 Å². The number of esters is 1. The van der Waals surface area contributed by atoms with Crippen molar-refractivity contribution in [1.82, 2.24) is 4.90 Å². The first-order chi connectivity index (χ1) is 18.4. The van der Waals surface area contributed by atoms with Gasteiger partial charge in [0.2, 0.25) is 0 Å². The first kappa shape index (κ1) is 26.9. The molecule has 1 amide bonds.